The Hall–Kier alpha value is 0.860. The zero-order chi connectivity index (χ0) is 4.28. The summed E-state index contributed by atoms with van der Waals surface area (Å²) in [5.74, 6) is 0. The molecule has 0 aliphatic rings. The van der Waals surface area contributed by atoms with Crippen LogP contribution < -0.4 is 0 Å². The molecule has 0 nitrogen and oxygen atoms in total. The molecule has 2 radical (unpaired) electrons. The Kier molecular flexibility index (Phi) is 3.59. The van der Waals surface area contributed by atoms with E-state index in [9.17, 15) is 0 Å². The van der Waals surface area contributed by atoms with Gasteiger partial charge in [-0.15, -0.1) is 0 Å². The van der Waals surface area contributed by atoms with E-state index in [4.69, 9.17) is 7.74 Å². The summed E-state index contributed by atoms with van der Waals surface area (Å²) in [6.45, 7) is 2.36. The number of hydrogen-bond donors (Lipinski definition) is 0. The van der Waals surface area contributed by atoms with Crippen molar-refractivity contribution in [3.8, 4) is 0 Å². The van der Waals surface area contributed by atoms with Crippen molar-refractivity contribution in [2.75, 3.05) is 4.33 Å². The largest absolute Gasteiger partial charge is 0.0992 e. The highest BCUT2D eigenvalue weighted by Crippen LogP contribution is 1.80. The van der Waals surface area contributed by atoms with Gasteiger partial charge in [0.2, 0.25) is 0 Å². The molecule has 0 bridgehead atoms. The van der Waals surface area contributed by atoms with Gasteiger partial charge in [-0.05, 0) is 4.33 Å². The summed E-state index contributed by atoms with van der Waals surface area (Å²) >= 11 is 2.25. The fourth-order valence-corrected chi connectivity index (χ4v) is 0. The van der Waals surface area contributed by atoms with Crippen molar-refractivity contribution in [3.63, 3.8) is 0 Å². The molecule has 0 rings (SSSR count). The summed E-state index contributed by atoms with van der Waals surface area (Å²) in [6, 6.07) is 0. The predicted octanol–water partition coefficient (Wildman–Crippen LogP) is 0.750. The maximum absolute atomic E-state index is 5.28. The second-order valence-electron chi connectivity index (χ2n) is 1.13. The van der Waals surface area contributed by atoms with Crippen LogP contribution in [0.3, 0.4) is 0 Å². The summed E-state index contributed by atoms with van der Waals surface area (Å²) in [4.78, 5) is 0. The third kappa shape index (κ3) is 4.86. The van der Waals surface area contributed by atoms with E-state index in [-0.39, 0.29) is 0 Å². The van der Waals surface area contributed by atoms with Gasteiger partial charge in [-0.1, -0.05) is 29.4 Å². The van der Waals surface area contributed by atoms with Crippen molar-refractivity contribution in [1.82, 2.24) is 0 Å². The lowest BCUT2D eigenvalue weighted by molar-refractivity contribution is 2.09. The molecular formula is C2H5B2I. The van der Waals surface area contributed by atoms with Gasteiger partial charge in [-0.3, -0.25) is 0 Å². The Bertz CT molecular complexity index is 21.6. The van der Waals surface area contributed by atoms with Crippen LogP contribution in [0.15, 0.2) is 0 Å². The van der Waals surface area contributed by atoms with Gasteiger partial charge < -0.3 is 0 Å². The minimum absolute atomic E-state index is 0.371. The fraction of sp³-hybridized carbons (Fsp3) is 1.00. The molecule has 0 aromatic rings. The summed E-state index contributed by atoms with van der Waals surface area (Å²) in [5, 5.41) is 0. The summed E-state index contributed by atoms with van der Waals surface area (Å²) in [7, 11) is 5.28. The van der Waals surface area contributed by atoms with Crippen LogP contribution in [0.2, 0.25) is 6.82 Å². The fourth-order valence-electron chi connectivity index (χ4n) is 0. The number of hydrogen-bond acceptors (Lipinski definition) is 0. The van der Waals surface area contributed by atoms with Gasteiger partial charge in [0.25, 0.3) is 0 Å². The highest BCUT2D eigenvalue weighted by molar-refractivity contribution is 14.1. The van der Waals surface area contributed by atoms with Crippen LogP contribution in [0.1, 0.15) is 0 Å². The average Bonchev–Trinajstić information content (AvgIpc) is 1.38. The molecule has 0 fully saturated rings. The number of rotatable bonds is 1. The Morgan fingerprint density at radius 1 is 2.00 bits per heavy atom. The number of alkyl halides is 1. The van der Waals surface area contributed by atoms with Crippen molar-refractivity contribution in [3.05, 3.63) is 0 Å². The zero-order valence-corrected chi connectivity index (χ0v) is 5.40. The Balaban J connectivity index is 2.54. The van der Waals surface area contributed by atoms with E-state index < -0.39 is 0 Å². The summed E-state index contributed by atoms with van der Waals surface area (Å²) in [6.07, 6.45) is 0. The lowest BCUT2D eigenvalue weighted by Crippen LogP contribution is -2.07. The van der Waals surface area contributed by atoms with Crippen LogP contribution in [0.25, 0.3) is 0 Å². The summed E-state index contributed by atoms with van der Waals surface area (Å²) in [5.41, 5.74) is 0. The van der Waals surface area contributed by atoms with E-state index >= 15 is 0 Å². The molecule has 0 aromatic carbocycles. The molecular weight excluding hydrogens is 173 g/mol. The molecule has 0 N–H and O–H groups in total. The second-order valence-corrected chi connectivity index (χ2v) is 2.01. The molecule has 26 valence electrons. The number of halogens is 1. The summed E-state index contributed by atoms with van der Waals surface area (Å²) < 4.78 is 1.05. The lowest BCUT2D eigenvalue weighted by Gasteiger charge is -1.83. The van der Waals surface area contributed by atoms with Crippen LogP contribution in [-0.2, 0) is 0 Å². The topological polar surface area (TPSA) is 0 Å². The first-order chi connectivity index (χ1) is 2.27. The predicted molar refractivity (Wildman–Crippen MR) is 36.3 cm³/mol. The quantitative estimate of drug-likeness (QED) is 0.315. The molecule has 0 spiro atoms. The van der Waals surface area contributed by atoms with Crippen LogP contribution in [0.4, 0.5) is 0 Å². The molecule has 0 unspecified atom stereocenters. The van der Waals surface area contributed by atoms with Gasteiger partial charge in [0.15, 0.2) is 0 Å². The van der Waals surface area contributed by atoms with E-state index in [0.29, 0.717) is 6.60 Å². The normalized spacial score (nSPS) is 7.60. The van der Waals surface area contributed by atoms with E-state index in [2.05, 4.69) is 22.6 Å². The van der Waals surface area contributed by atoms with Gasteiger partial charge in [0.1, 0.15) is 0 Å². The van der Waals surface area contributed by atoms with Crippen LogP contribution in [-0.4, -0.2) is 18.7 Å². The van der Waals surface area contributed by atoms with Crippen LogP contribution in [0.5, 0.6) is 0 Å². The monoisotopic (exact) mass is 178 g/mol. The zero-order valence-electron chi connectivity index (χ0n) is 3.24. The third-order valence-electron chi connectivity index (χ3n) is 0.243. The van der Waals surface area contributed by atoms with E-state index in [1.54, 1.807) is 0 Å². The smallest absolute Gasteiger partial charge is 0.0961 e. The van der Waals surface area contributed by atoms with E-state index in [1.807, 2.05) is 6.82 Å². The first-order valence-corrected chi connectivity index (χ1v) is 3.11. The van der Waals surface area contributed by atoms with Crippen LogP contribution in [0, 0.1) is 0 Å². The van der Waals surface area contributed by atoms with Crippen molar-refractivity contribution >= 4 is 36.9 Å². The minimum atomic E-state index is 0.371. The molecule has 5 heavy (non-hydrogen) atoms. The highest BCUT2D eigenvalue weighted by atomic mass is 127. The van der Waals surface area contributed by atoms with Crippen molar-refractivity contribution in [2.24, 2.45) is 0 Å². The van der Waals surface area contributed by atoms with Gasteiger partial charge >= 0.3 is 0 Å². The standard InChI is InChI=1S/C2H5B2I/c1-4(3)2-5/h2H2,1H3. The molecule has 0 aromatic heterocycles. The Morgan fingerprint density at radius 2 is 2.20 bits per heavy atom. The SMILES string of the molecule is [B]B(C)CI. The first-order valence-electron chi connectivity index (χ1n) is 1.59. The molecule has 0 heterocycles. The van der Waals surface area contributed by atoms with Gasteiger partial charge in [-0.2, -0.15) is 0 Å². The maximum Gasteiger partial charge on any atom is 0.0992 e. The maximum atomic E-state index is 5.28. The molecule has 3 heteroatoms. The molecule has 0 atom stereocenters. The highest BCUT2D eigenvalue weighted by Gasteiger charge is 1.87. The van der Waals surface area contributed by atoms with Crippen molar-refractivity contribution in [2.45, 2.75) is 6.82 Å². The molecule has 0 saturated heterocycles. The van der Waals surface area contributed by atoms with E-state index in [1.165, 1.54) is 0 Å². The van der Waals surface area contributed by atoms with Gasteiger partial charge in [-0.25, -0.2) is 0 Å². The minimum Gasteiger partial charge on any atom is -0.0961 e. The van der Waals surface area contributed by atoms with Gasteiger partial charge in [0.05, 0.1) is 6.60 Å². The third-order valence-corrected chi connectivity index (χ3v) is 1.63. The molecule has 0 saturated carbocycles. The van der Waals surface area contributed by atoms with Crippen LogP contribution >= 0.6 is 22.6 Å². The average molecular weight is 178 g/mol. The molecule has 0 amide bonds. The lowest BCUT2D eigenvalue weighted by atomic mass is 9.37. The molecule has 0 aliphatic carbocycles. The second kappa shape index (κ2) is 3.07. The molecule has 0 aliphatic heterocycles. The first kappa shape index (κ1) is 5.86. The van der Waals surface area contributed by atoms with Crippen molar-refractivity contribution in [1.29, 1.82) is 0 Å². The Labute approximate surface area is 48.3 Å². The Morgan fingerprint density at radius 3 is 2.20 bits per heavy atom. The van der Waals surface area contributed by atoms with E-state index in [0.717, 1.165) is 4.33 Å². The van der Waals surface area contributed by atoms with Gasteiger partial charge in [0, 0.05) is 7.74 Å². The van der Waals surface area contributed by atoms with Crippen molar-refractivity contribution < 1.29 is 0 Å².